The van der Waals surface area contributed by atoms with Crippen LogP contribution < -0.4 is 5.32 Å². The third-order valence-corrected chi connectivity index (χ3v) is 5.22. The highest BCUT2D eigenvalue weighted by Gasteiger charge is 2.23. The summed E-state index contributed by atoms with van der Waals surface area (Å²) in [6, 6.07) is 0. The van der Waals surface area contributed by atoms with Gasteiger partial charge in [-0.05, 0) is 26.3 Å². The first-order valence-corrected chi connectivity index (χ1v) is 8.81. The smallest absolute Gasteiger partial charge is 0.340 e. The molecule has 0 spiro atoms. The topological polar surface area (TPSA) is 97.0 Å². The zero-order valence-electron chi connectivity index (χ0n) is 13.3. The number of rotatable bonds is 7. The third-order valence-electron chi connectivity index (χ3n) is 3.14. The normalized spacial score (nSPS) is 10.6. The Morgan fingerprint density at radius 3 is 2.70 bits per heavy atom. The van der Waals surface area contributed by atoms with Crippen molar-refractivity contribution in [3.8, 4) is 0 Å². The number of esters is 1. The first-order chi connectivity index (χ1) is 11.0. The minimum Gasteiger partial charge on any atom is -0.462 e. The lowest BCUT2D eigenvalue weighted by Crippen LogP contribution is -2.08. The first kappa shape index (κ1) is 17.5. The molecule has 0 amide bonds. The number of anilines is 1. The lowest BCUT2D eigenvalue weighted by atomic mass is 10.1. The summed E-state index contributed by atoms with van der Waals surface area (Å²) < 4.78 is 5.74. The van der Waals surface area contributed by atoms with Gasteiger partial charge in [0.15, 0.2) is 10.1 Å². The standard InChI is InChI=1S/C14H18N4O3S2/c1-5-21-12(20)10-7(2)11(16-8(10)3)9(19)6-22-14-18-17-13(15-4)23-14/h16H,5-6H2,1-4H3,(H,15,17). The molecule has 2 N–H and O–H groups in total. The molecule has 0 bridgehead atoms. The van der Waals surface area contributed by atoms with E-state index < -0.39 is 5.97 Å². The summed E-state index contributed by atoms with van der Waals surface area (Å²) in [4.78, 5) is 27.3. The molecular weight excluding hydrogens is 336 g/mol. The highest BCUT2D eigenvalue weighted by molar-refractivity contribution is 8.01. The van der Waals surface area contributed by atoms with Crippen molar-refractivity contribution in [3.63, 3.8) is 0 Å². The van der Waals surface area contributed by atoms with Gasteiger partial charge in [0.1, 0.15) is 0 Å². The maximum atomic E-state index is 12.4. The van der Waals surface area contributed by atoms with E-state index in [1.807, 2.05) is 0 Å². The van der Waals surface area contributed by atoms with Gasteiger partial charge >= 0.3 is 5.97 Å². The summed E-state index contributed by atoms with van der Waals surface area (Å²) >= 11 is 2.71. The Balaban J connectivity index is 2.10. The van der Waals surface area contributed by atoms with Crippen molar-refractivity contribution in [3.05, 3.63) is 22.5 Å². The highest BCUT2D eigenvalue weighted by atomic mass is 32.2. The maximum absolute atomic E-state index is 12.4. The van der Waals surface area contributed by atoms with Crippen LogP contribution in [-0.4, -0.2) is 46.3 Å². The summed E-state index contributed by atoms with van der Waals surface area (Å²) in [6.45, 7) is 5.55. The summed E-state index contributed by atoms with van der Waals surface area (Å²) in [5.74, 6) is -0.276. The molecule has 0 radical (unpaired) electrons. The van der Waals surface area contributed by atoms with E-state index in [0.29, 0.717) is 38.6 Å². The van der Waals surface area contributed by atoms with Crippen LogP contribution in [0.1, 0.15) is 39.0 Å². The molecule has 0 fully saturated rings. The molecule has 2 aromatic heterocycles. The number of nitrogens with one attached hydrogen (secondary N) is 2. The molecule has 9 heteroatoms. The molecule has 0 aliphatic carbocycles. The van der Waals surface area contributed by atoms with Crippen molar-refractivity contribution >= 4 is 40.0 Å². The van der Waals surface area contributed by atoms with Gasteiger partial charge in [-0.3, -0.25) is 4.79 Å². The van der Waals surface area contributed by atoms with Crippen LogP contribution in [0.2, 0.25) is 0 Å². The van der Waals surface area contributed by atoms with Crippen LogP contribution in [0.3, 0.4) is 0 Å². The lowest BCUT2D eigenvalue weighted by Gasteiger charge is -2.02. The van der Waals surface area contributed by atoms with Crippen LogP contribution >= 0.6 is 23.1 Å². The van der Waals surface area contributed by atoms with Crippen LogP contribution in [-0.2, 0) is 4.74 Å². The molecule has 0 saturated heterocycles. The summed E-state index contributed by atoms with van der Waals surface area (Å²) in [5, 5.41) is 11.5. The summed E-state index contributed by atoms with van der Waals surface area (Å²) in [6.07, 6.45) is 0. The SMILES string of the molecule is CCOC(=O)c1c(C)[nH]c(C(=O)CSc2nnc(NC)s2)c1C. The van der Waals surface area contributed by atoms with E-state index in [-0.39, 0.29) is 11.5 Å². The zero-order chi connectivity index (χ0) is 17.0. The van der Waals surface area contributed by atoms with Gasteiger partial charge in [-0.15, -0.1) is 10.2 Å². The van der Waals surface area contributed by atoms with E-state index in [1.165, 1.54) is 23.1 Å². The van der Waals surface area contributed by atoms with Crippen molar-refractivity contribution in [2.24, 2.45) is 0 Å². The predicted octanol–water partition coefficient (Wildman–Crippen LogP) is 2.68. The van der Waals surface area contributed by atoms with Gasteiger partial charge in [-0.25, -0.2) is 4.79 Å². The molecule has 0 saturated carbocycles. The van der Waals surface area contributed by atoms with Gasteiger partial charge in [0.2, 0.25) is 5.13 Å². The Hall–Kier alpha value is -1.87. The molecule has 7 nitrogen and oxygen atoms in total. The second kappa shape index (κ2) is 7.60. The molecule has 0 unspecified atom stereocenters. The fourth-order valence-corrected chi connectivity index (χ4v) is 3.68. The maximum Gasteiger partial charge on any atom is 0.340 e. The average Bonchev–Trinajstić information content (AvgIpc) is 3.09. The minimum atomic E-state index is -0.409. The van der Waals surface area contributed by atoms with Gasteiger partial charge in [0.25, 0.3) is 0 Å². The van der Waals surface area contributed by atoms with Crippen LogP contribution in [0.15, 0.2) is 4.34 Å². The minimum absolute atomic E-state index is 0.0904. The van der Waals surface area contributed by atoms with Crippen molar-refractivity contribution in [2.75, 3.05) is 24.7 Å². The number of aromatic nitrogens is 3. The van der Waals surface area contributed by atoms with Crippen LogP contribution in [0.5, 0.6) is 0 Å². The molecule has 2 aromatic rings. The molecule has 0 aromatic carbocycles. The Kier molecular flexibility index (Phi) is 5.78. The third kappa shape index (κ3) is 3.91. The van der Waals surface area contributed by atoms with E-state index in [9.17, 15) is 9.59 Å². The average molecular weight is 354 g/mol. The zero-order valence-corrected chi connectivity index (χ0v) is 15.0. The number of hydrogen-bond donors (Lipinski definition) is 2. The number of carbonyl (C=O) groups excluding carboxylic acids is 2. The van der Waals surface area contributed by atoms with Crippen molar-refractivity contribution in [2.45, 2.75) is 25.1 Å². The predicted molar refractivity (Wildman–Crippen MR) is 90.7 cm³/mol. The fraction of sp³-hybridized carbons (Fsp3) is 0.429. The van der Waals surface area contributed by atoms with E-state index in [1.54, 1.807) is 27.8 Å². The van der Waals surface area contributed by atoms with Crippen LogP contribution in [0.25, 0.3) is 0 Å². The van der Waals surface area contributed by atoms with Gasteiger partial charge in [-0.2, -0.15) is 0 Å². The molecule has 23 heavy (non-hydrogen) atoms. The second-order valence-electron chi connectivity index (χ2n) is 4.68. The molecule has 124 valence electrons. The van der Waals surface area contributed by atoms with E-state index in [0.717, 1.165) is 0 Å². The molecule has 2 rings (SSSR count). The number of nitrogens with zero attached hydrogens (tertiary/aromatic N) is 2. The number of carbonyl (C=O) groups is 2. The number of ketones is 1. The number of H-pyrrole nitrogens is 1. The largest absolute Gasteiger partial charge is 0.462 e. The fourth-order valence-electron chi connectivity index (χ4n) is 2.11. The molecule has 0 aliphatic heterocycles. The number of thioether (sulfide) groups is 1. The monoisotopic (exact) mass is 354 g/mol. The molecule has 2 heterocycles. The van der Waals surface area contributed by atoms with Gasteiger partial charge in [-0.1, -0.05) is 23.1 Å². The Morgan fingerprint density at radius 2 is 2.09 bits per heavy atom. The van der Waals surface area contributed by atoms with E-state index >= 15 is 0 Å². The van der Waals surface area contributed by atoms with Crippen molar-refractivity contribution in [1.82, 2.24) is 15.2 Å². The van der Waals surface area contributed by atoms with Crippen molar-refractivity contribution < 1.29 is 14.3 Å². The summed E-state index contributed by atoms with van der Waals surface area (Å²) in [5.41, 5.74) is 2.15. The highest BCUT2D eigenvalue weighted by Crippen LogP contribution is 2.27. The van der Waals surface area contributed by atoms with Gasteiger partial charge in [0.05, 0.1) is 23.6 Å². The van der Waals surface area contributed by atoms with E-state index in [4.69, 9.17) is 4.74 Å². The van der Waals surface area contributed by atoms with Crippen LogP contribution in [0.4, 0.5) is 5.13 Å². The molecule has 0 atom stereocenters. The van der Waals surface area contributed by atoms with Crippen molar-refractivity contribution in [1.29, 1.82) is 0 Å². The number of aromatic amines is 1. The quantitative estimate of drug-likeness (QED) is 0.448. The second-order valence-corrected chi connectivity index (χ2v) is 6.88. The number of hydrogen-bond acceptors (Lipinski definition) is 8. The molecule has 0 aliphatic rings. The Bertz CT molecular complexity index is 724. The number of aryl methyl sites for hydroxylation is 1. The van der Waals surface area contributed by atoms with Gasteiger partial charge in [0, 0.05) is 12.7 Å². The van der Waals surface area contributed by atoms with Gasteiger partial charge < -0.3 is 15.0 Å². The first-order valence-electron chi connectivity index (χ1n) is 7.01. The summed E-state index contributed by atoms with van der Waals surface area (Å²) in [7, 11) is 1.77. The molecular formula is C14H18N4O3S2. The van der Waals surface area contributed by atoms with E-state index in [2.05, 4.69) is 20.5 Å². The lowest BCUT2D eigenvalue weighted by molar-refractivity contribution is 0.0525. The Morgan fingerprint density at radius 1 is 1.35 bits per heavy atom. The Labute approximate surface area is 142 Å². The number of Topliss-reactive ketones (excluding diaryl/α,β-unsaturated/α-hetero) is 1. The van der Waals surface area contributed by atoms with Crippen LogP contribution in [0, 0.1) is 13.8 Å². The number of ether oxygens (including phenoxy) is 1.